The molecular formula is C11H15F3N6. The van der Waals surface area contributed by atoms with Crippen molar-refractivity contribution < 1.29 is 13.2 Å². The topological polar surface area (TPSA) is 81.1 Å². The molecule has 9 heteroatoms. The number of alkyl halides is 3. The highest BCUT2D eigenvalue weighted by Gasteiger charge is 2.37. The van der Waals surface area contributed by atoms with Crippen LogP contribution in [0.4, 0.5) is 19.0 Å². The second-order valence-electron chi connectivity index (χ2n) is 4.80. The minimum Gasteiger partial charge on any atom is -0.367 e. The molecule has 6 nitrogen and oxygen atoms in total. The monoisotopic (exact) mass is 288 g/mol. The van der Waals surface area contributed by atoms with Crippen molar-refractivity contribution in [1.29, 1.82) is 0 Å². The predicted molar refractivity (Wildman–Crippen MR) is 67.1 cm³/mol. The van der Waals surface area contributed by atoms with Crippen molar-refractivity contribution in [3.05, 3.63) is 18.0 Å². The lowest BCUT2D eigenvalue weighted by atomic mass is 10.1. The zero-order valence-corrected chi connectivity index (χ0v) is 11.0. The molecule has 1 unspecified atom stereocenters. The molecule has 0 aliphatic carbocycles. The number of fused-ring (bicyclic) bond motifs is 1. The van der Waals surface area contributed by atoms with Gasteiger partial charge in [0.05, 0.1) is 0 Å². The molecule has 2 aromatic heterocycles. The van der Waals surface area contributed by atoms with Crippen LogP contribution in [-0.2, 0) is 6.18 Å². The Bertz CT molecular complexity index is 591. The third-order valence-corrected chi connectivity index (χ3v) is 2.89. The van der Waals surface area contributed by atoms with Gasteiger partial charge in [0.1, 0.15) is 5.82 Å². The summed E-state index contributed by atoms with van der Waals surface area (Å²) < 4.78 is 38.8. The number of rotatable bonds is 4. The fourth-order valence-corrected chi connectivity index (χ4v) is 1.52. The number of nitrogens with zero attached hydrogens (tertiary/aromatic N) is 4. The Hall–Kier alpha value is -1.90. The Labute approximate surface area is 113 Å². The highest BCUT2D eigenvalue weighted by molar-refractivity contribution is 5.44. The highest BCUT2D eigenvalue weighted by atomic mass is 19.4. The van der Waals surface area contributed by atoms with Gasteiger partial charge in [-0.3, -0.25) is 0 Å². The van der Waals surface area contributed by atoms with Crippen molar-refractivity contribution in [2.45, 2.75) is 26.1 Å². The molecule has 0 aliphatic rings. The molecule has 3 N–H and O–H groups in total. The van der Waals surface area contributed by atoms with Crippen molar-refractivity contribution in [3.8, 4) is 0 Å². The number of hydrogen-bond donors (Lipinski definition) is 2. The second kappa shape index (κ2) is 5.23. The van der Waals surface area contributed by atoms with Crippen LogP contribution in [0.25, 0.3) is 5.65 Å². The molecule has 0 aliphatic heterocycles. The Kier molecular flexibility index (Phi) is 3.80. The van der Waals surface area contributed by atoms with Crippen molar-refractivity contribution in [2.75, 3.05) is 11.9 Å². The molecule has 0 aromatic carbocycles. The lowest BCUT2D eigenvalue weighted by molar-refractivity contribution is -0.146. The molecule has 0 fully saturated rings. The van der Waals surface area contributed by atoms with Crippen LogP contribution in [0, 0.1) is 5.92 Å². The van der Waals surface area contributed by atoms with E-state index < -0.39 is 12.0 Å². The van der Waals surface area contributed by atoms with Gasteiger partial charge >= 0.3 is 6.18 Å². The van der Waals surface area contributed by atoms with Gasteiger partial charge in [0, 0.05) is 12.6 Å². The van der Waals surface area contributed by atoms with E-state index >= 15 is 0 Å². The highest BCUT2D eigenvalue weighted by Crippen LogP contribution is 2.27. The van der Waals surface area contributed by atoms with Crippen LogP contribution in [0.1, 0.15) is 19.7 Å². The first-order valence-electron chi connectivity index (χ1n) is 6.08. The lowest BCUT2D eigenvalue weighted by Crippen LogP contribution is -2.34. The van der Waals surface area contributed by atoms with Gasteiger partial charge < -0.3 is 11.1 Å². The molecule has 0 bridgehead atoms. The number of halogens is 3. The zero-order valence-electron chi connectivity index (χ0n) is 11.0. The average molecular weight is 288 g/mol. The first kappa shape index (κ1) is 14.5. The summed E-state index contributed by atoms with van der Waals surface area (Å²) in [5.41, 5.74) is 5.89. The normalized spacial score (nSPS) is 13.9. The largest absolute Gasteiger partial charge is 0.453 e. The quantitative estimate of drug-likeness (QED) is 0.892. The van der Waals surface area contributed by atoms with Crippen LogP contribution >= 0.6 is 0 Å². The van der Waals surface area contributed by atoms with Crippen molar-refractivity contribution in [1.82, 2.24) is 19.8 Å². The van der Waals surface area contributed by atoms with Gasteiger partial charge in [-0.1, -0.05) is 13.8 Å². The Morgan fingerprint density at radius 3 is 2.60 bits per heavy atom. The van der Waals surface area contributed by atoms with Crippen molar-refractivity contribution in [3.63, 3.8) is 0 Å². The minimum absolute atomic E-state index is 0.0380. The SMILES string of the molecule is CC(C)C(N)CNc1ccc2nnc(C(F)(F)F)n2n1. The number of hydrogen-bond acceptors (Lipinski definition) is 5. The number of aromatic nitrogens is 4. The summed E-state index contributed by atoms with van der Waals surface area (Å²) in [5, 5.41) is 13.3. The molecule has 20 heavy (non-hydrogen) atoms. The van der Waals surface area contributed by atoms with Crippen molar-refractivity contribution >= 4 is 11.5 Å². The summed E-state index contributed by atoms with van der Waals surface area (Å²) in [6.07, 6.45) is -4.60. The number of nitrogens with one attached hydrogen (secondary N) is 1. The molecule has 0 saturated carbocycles. The van der Waals surface area contributed by atoms with Gasteiger partial charge in [-0.25, -0.2) is 0 Å². The molecule has 2 aromatic rings. The first-order valence-corrected chi connectivity index (χ1v) is 6.08. The molecule has 2 rings (SSSR count). The van der Waals surface area contributed by atoms with E-state index in [4.69, 9.17) is 5.73 Å². The molecule has 0 amide bonds. The van der Waals surface area contributed by atoms with E-state index in [1.165, 1.54) is 12.1 Å². The minimum atomic E-state index is -4.60. The van der Waals surface area contributed by atoms with E-state index in [9.17, 15) is 13.2 Å². The van der Waals surface area contributed by atoms with Crippen LogP contribution in [0.3, 0.4) is 0 Å². The summed E-state index contributed by atoms with van der Waals surface area (Å²) in [6.45, 7) is 4.34. The van der Waals surface area contributed by atoms with Gasteiger partial charge in [-0.05, 0) is 18.1 Å². The van der Waals surface area contributed by atoms with Crippen LogP contribution in [0.5, 0.6) is 0 Å². The summed E-state index contributed by atoms with van der Waals surface area (Å²) in [6, 6.07) is 2.84. The molecule has 1 atom stereocenters. The Balaban J connectivity index is 2.24. The lowest BCUT2D eigenvalue weighted by Gasteiger charge is -2.16. The van der Waals surface area contributed by atoms with E-state index in [-0.39, 0.29) is 17.6 Å². The van der Waals surface area contributed by atoms with E-state index in [1.54, 1.807) is 0 Å². The van der Waals surface area contributed by atoms with Crippen LogP contribution in [0.15, 0.2) is 12.1 Å². The fraction of sp³-hybridized carbons (Fsp3) is 0.545. The van der Waals surface area contributed by atoms with Crippen LogP contribution in [0.2, 0.25) is 0 Å². The molecule has 110 valence electrons. The second-order valence-corrected chi connectivity index (χ2v) is 4.80. The van der Waals surface area contributed by atoms with Gasteiger partial charge in [0.2, 0.25) is 0 Å². The smallest absolute Gasteiger partial charge is 0.367 e. The van der Waals surface area contributed by atoms with E-state index in [0.717, 1.165) is 0 Å². The standard InChI is InChI=1S/C11H15F3N6/c1-6(2)7(15)5-16-8-3-4-9-17-18-10(11(12,13)14)20(9)19-8/h3-4,6-7H,5,15H2,1-2H3,(H,16,19). The molecule has 0 radical (unpaired) electrons. The van der Waals surface area contributed by atoms with Gasteiger partial charge in [-0.2, -0.15) is 17.7 Å². The van der Waals surface area contributed by atoms with Gasteiger partial charge in [0.25, 0.3) is 5.82 Å². The zero-order chi connectivity index (χ0) is 14.9. The van der Waals surface area contributed by atoms with E-state index in [1.807, 2.05) is 13.8 Å². The molecular weight excluding hydrogens is 273 g/mol. The van der Waals surface area contributed by atoms with E-state index in [2.05, 4.69) is 20.6 Å². The van der Waals surface area contributed by atoms with Crippen LogP contribution in [-0.4, -0.2) is 32.4 Å². The number of nitrogens with two attached hydrogens (primary N) is 1. The maximum absolute atomic E-state index is 12.7. The molecule has 2 heterocycles. The maximum Gasteiger partial charge on any atom is 0.453 e. The Morgan fingerprint density at radius 1 is 1.30 bits per heavy atom. The summed E-state index contributed by atoms with van der Waals surface area (Å²) in [5.74, 6) is -0.602. The molecule has 0 spiro atoms. The maximum atomic E-state index is 12.7. The van der Waals surface area contributed by atoms with Crippen molar-refractivity contribution in [2.24, 2.45) is 11.7 Å². The van der Waals surface area contributed by atoms with Crippen LogP contribution < -0.4 is 11.1 Å². The third-order valence-electron chi connectivity index (χ3n) is 2.89. The third kappa shape index (κ3) is 2.98. The van der Waals surface area contributed by atoms with Gasteiger partial charge in [0.15, 0.2) is 5.65 Å². The fourth-order valence-electron chi connectivity index (χ4n) is 1.52. The molecule has 0 saturated heterocycles. The summed E-state index contributed by atoms with van der Waals surface area (Å²) in [7, 11) is 0. The average Bonchev–Trinajstić information content (AvgIpc) is 2.78. The van der Waals surface area contributed by atoms with E-state index in [0.29, 0.717) is 16.9 Å². The Morgan fingerprint density at radius 2 is 2.00 bits per heavy atom. The number of anilines is 1. The first-order chi connectivity index (χ1) is 9.29. The summed E-state index contributed by atoms with van der Waals surface area (Å²) in [4.78, 5) is 0. The predicted octanol–water partition coefficient (Wildman–Crippen LogP) is 1.54. The van der Waals surface area contributed by atoms with Gasteiger partial charge in [-0.15, -0.1) is 15.3 Å². The summed E-state index contributed by atoms with van der Waals surface area (Å²) >= 11 is 0.